The van der Waals surface area contributed by atoms with Gasteiger partial charge in [0, 0.05) is 15.2 Å². The fourth-order valence-corrected chi connectivity index (χ4v) is 4.08. The Hall–Kier alpha value is -0.720. The molecule has 2 unspecified atom stereocenters. The smallest absolute Gasteiger partial charge is 0.327 e. The van der Waals surface area contributed by atoms with Gasteiger partial charge in [0.2, 0.25) is 0 Å². The number of aliphatic carboxylic acids is 1. The molecular formula is C13H13BrClNO3S. The van der Waals surface area contributed by atoms with Crippen LogP contribution in [0.3, 0.4) is 0 Å². The van der Waals surface area contributed by atoms with Gasteiger partial charge in [-0.25, -0.2) is 4.79 Å². The summed E-state index contributed by atoms with van der Waals surface area (Å²) in [5.41, 5.74) is 0.393. The molecule has 1 saturated heterocycles. The van der Waals surface area contributed by atoms with Gasteiger partial charge >= 0.3 is 5.97 Å². The molecular weight excluding hydrogens is 366 g/mol. The van der Waals surface area contributed by atoms with E-state index in [1.165, 1.54) is 16.7 Å². The minimum atomic E-state index is -0.972. The third kappa shape index (κ3) is 2.97. The second kappa shape index (κ2) is 6.37. The summed E-state index contributed by atoms with van der Waals surface area (Å²) in [6.45, 7) is 1.94. The highest BCUT2D eigenvalue weighted by Crippen LogP contribution is 2.34. The van der Waals surface area contributed by atoms with E-state index in [0.717, 1.165) is 0 Å². The minimum absolute atomic E-state index is 0.116. The summed E-state index contributed by atoms with van der Waals surface area (Å²) >= 11 is 10.7. The van der Waals surface area contributed by atoms with Crippen LogP contribution in [0, 0.1) is 0 Å². The number of amides is 1. The van der Waals surface area contributed by atoms with Crippen molar-refractivity contribution in [1.82, 2.24) is 4.90 Å². The van der Waals surface area contributed by atoms with Gasteiger partial charge in [0.15, 0.2) is 0 Å². The lowest BCUT2D eigenvalue weighted by molar-refractivity contribution is -0.141. The van der Waals surface area contributed by atoms with Crippen molar-refractivity contribution in [2.45, 2.75) is 24.8 Å². The third-order valence-electron chi connectivity index (χ3n) is 3.12. The number of carboxylic acid groups (broad SMARTS) is 1. The first-order valence-corrected chi connectivity index (χ1v) is 8.29. The maximum Gasteiger partial charge on any atom is 0.327 e. The van der Waals surface area contributed by atoms with E-state index in [4.69, 9.17) is 11.6 Å². The Bertz CT molecular complexity index is 554. The first-order chi connectivity index (χ1) is 9.45. The Kier molecular flexibility index (Phi) is 4.99. The molecule has 0 spiro atoms. The largest absolute Gasteiger partial charge is 0.480 e. The molecule has 4 nitrogen and oxygen atoms in total. The van der Waals surface area contributed by atoms with Gasteiger partial charge in [0.25, 0.3) is 5.91 Å². The van der Waals surface area contributed by atoms with Gasteiger partial charge in [-0.3, -0.25) is 4.79 Å². The Morgan fingerprint density at radius 2 is 2.25 bits per heavy atom. The van der Waals surface area contributed by atoms with Gasteiger partial charge in [-0.15, -0.1) is 11.8 Å². The van der Waals surface area contributed by atoms with E-state index in [0.29, 0.717) is 27.2 Å². The van der Waals surface area contributed by atoms with Crippen LogP contribution in [0.5, 0.6) is 0 Å². The van der Waals surface area contributed by atoms with E-state index in [1.807, 2.05) is 6.92 Å². The summed E-state index contributed by atoms with van der Waals surface area (Å²) in [5, 5.41) is 9.60. The fourth-order valence-electron chi connectivity index (χ4n) is 2.14. The molecule has 1 amide bonds. The van der Waals surface area contributed by atoms with Crippen molar-refractivity contribution in [3.8, 4) is 0 Å². The zero-order valence-electron chi connectivity index (χ0n) is 10.7. The SMILES string of the molecule is CCC1SCC(C(=O)O)N1C(=O)c1cc(Cl)ccc1Br. The zero-order chi connectivity index (χ0) is 14.9. The van der Waals surface area contributed by atoms with Crippen molar-refractivity contribution in [3.05, 3.63) is 33.3 Å². The van der Waals surface area contributed by atoms with E-state index in [9.17, 15) is 14.7 Å². The van der Waals surface area contributed by atoms with Crippen LogP contribution in [0.4, 0.5) is 0 Å². The quantitative estimate of drug-likeness (QED) is 0.875. The monoisotopic (exact) mass is 377 g/mol. The molecule has 1 fully saturated rings. The molecule has 0 saturated carbocycles. The topological polar surface area (TPSA) is 57.6 Å². The van der Waals surface area contributed by atoms with Gasteiger partial charge in [0.1, 0.15) is 6.04 Å². The van der Waals surface area contributed by atoms with Crippen LogP contribution in [0.15, 0.2) is 22.7 Å². The van der Waals surface area contributed by atoms with Crippen molar-refractivity contribution in [2.24, 2.45) is 0 Å². The van der Waals surface area contributed by atoms with Crippen molar-refractivity contribution >= 4 is 51.2 Å². The number of nitrogens with zero attached hydrogens (tertiary/aromatic N) is 1. The van der Waals surface area contributed by atoms with E-state index in [1.54, 1.807) is 18.2 Å². The van der Waals surface area contributed by atoms with E-state index in [-0.39, 0.29) is 11.3 Å². The first-order valence-electron chi connectivity index (χ1n) is 6.07. The molecule has 0 bridgehead atoms. The van der Waals surface area contributed by atoms with E-state index >= 15 is 0 Å². The van der Waals surface area contributed by atoms with Crippen molar-refractivity contribution < 1.29 is 14.7 Å². The summed E-state index contributed by atoms with van der Waals surface area (Å²) < 4.78 is 0.614. The van der Waals surface area contributed by atoms with Gasteiger partial charge in [-0.1, -0.05) is 18.5 Å². The van der Waals surface area contributed by atoms with Crippen molar-refractivity contribution in [2.75, 3.05) is 5.75 Å². The first kappa shape index (κ1) is 15.7. The predicted molar refractivity (Wildman–Crippen MR) is 83.3 cm³/mol. The van der Waals surface area contributed by atoms with E-state index in [2.05, 4.69) is 15.9 Å². The lowest BCUT2D eigenvalue weighted by Crippen LogP contribution is -2.45. The minimum Gasteiger partial charge on any atom is -0.480 e. The molecule has 2 atom stereocenters. The summed E-state index contributed by atoms with van der Waals surface area (Å²) in [5.74, 6) is -0.860. The molecule has 20 heavy (non-hydrogen) atoms. The highest BCUT2D eigenvalue weighted by molar-refractivity contribution is 9.10. The van der Waals surface area contributed by atoms with Crippen LogP contribution in [-0.2, 0) is 4.79 Å². The number of hydrogen-bond acceptors (Lipinski definition) is 3. The third-order valence-corrected chi connectivity index (χ3v) is 5.50. The van der Waals surface area contributed by atoms with Crippen molar-refractivity contribution in [1.29, 1.82) is 0 Å². The fraction of sp³-hybridized carbons (Fsp3) is 0.385. The molecule has 1 N–H and O–H groups in total. The van der Waals surface area contributed by atoms with Gasteiger partial charge in [-0.05, 0) is 40.5 Å². The van der Waals surface area contributed by atoms with Crippen LogP contribution in [0.2, 0.25) is 5.02 Å². The molecule has 0 aliphatic carbocycles. The van der Waals surface area contributed by atoms with Crippen molar-refractivity contribution in [3.63, 3.8) is 0 Å². The maximum atomic E-state index is 12.7. The number of halogens is 2. The van der Waals surface area contributed by atoms with Gasteiger partial charge < -0.3 is 10.0 Å². The number of carboxylic acids is 1. The number of rotatable bonds is 3. The summed E-state index contributed by atoms with van der Waals surface area (Å²) in [4.78, 5) is 25.4. The van der Waals surface area contributed by atoms with Gasteiger partial charge in [-0.2, -0.15) is 0 Å². The van der Waals surface area contributed by atoms with E-state index < -0.39 is 12.0 Å². The van der Waals surface area contributed by atoms with Gasteiger partial charge in [0.05, 0.1) is 10.9 Å². The molecule has 1 aliphatic heterocycles. The molecule has 1 heterocycles. The zero-order valence-corrected chi connectivity index (χ0v) is 13.8. The van der Waals surface area contributed by atoms with Crippen LogP contribution < -0.4 is 0 Å². The Balaban J connectivity index is 2.38. The Labute approximate surface area is 134 Å². The standard InChI is InChI=1S/C13H13BrClNO3S/c1-2-11-16(10(6-20-11)13(18)19)12(17)8-5-7(15)3-4-9(8)14/h3-5,10-11H,2,6H2,1H3,(H,18,19). The molecule has 0 radical (unpaired) electrons. The lowest BCUT2D eigenvalue weighted by atomic mass is 10.1. The highest BCUT2D eigenvalue weighted by Gasteiger charge is 2.41. The van der Waals surface area contributed by atoms with Crippen LogP contribution in [0.1, 0.15) is 23.7 Å². The number of carbonyl (C=O) groups is 2. The molecule has 2 rings (SSSR count). The highest BCUT2D eigenvalue weighted by atomic mass is 79.9. The maximum absolute atomic E-state index is 12.7. The molecule has 1 aliphatic rings. The predicted octanol–water partition coefficient (Wildman–Crippen LogP) is 3.48. The number of thioether (sulfide) groups is 1. The van der Waals surface area contributed by atoms with Crippen LogP contribution >= 0.6 is 39.3 Å². The average molecular weight is 379 g/mol. The number of hydrogen-bond donors (Lipinski definition) is 1. The summed E-state index contributed by atoms with van der Waals surface area (Å²) in [6.07, 6.45) is 0.707. The normalized spacial score (nSPS) is 22.1. The summed E-state index contributed by atoms with van der Waals surface area (Å²) in [7, 11) is 0. The average Bonchev–Trinajstić information content (AvgIpc) is 2.84. The molecule has 0 aromatic heterocycles. The molecule has 108 valence electrons. The summed E-state index contributed by atoms with van der Waals surface area (Å²) in [6, 6.07) is 4.13. The number of carbonyl (C=O) groups excluding carboxylic acids is 1. The molecule has 1 aromatic carbocycles. The second-order valence-corrected chi connectivity index (χ2v) is 6.89. The van der Waals surface area contributed by atoms with Crippen LogP contribution in [0.25, 0.3) is 0 Å². The number of benzene rings is 1. The Morgan fingerprint density at radius 1 is 1.55 bits per heavy atom. The second-order valence-electron chi connectivity index (χ2n) is 4.39. The Morgan fingerprint density at radius 3 is 2.85 bits per heavy atom. The van der Waals surface area contributed by atoms with Crippen LogP contribution in [-0.4, -0.2) is 39.1 Å². The molecule has 7 heteroatoms. The molecule has 1 aromatic rings. The lowest BCUT2D eigenvalue weighted by Gasteiger charge is -2.27.